The fraction of sp³-hybridized carbons (Fsp3) is 0.625. The summed E-state index contributed by atoms with van der Waals surface area (Å²) in [5.41, 5.74) is 0.694. The lowest BCUT2D eigenvalue weighted by Gasteiger charge is -2.26. The third kappa shape index (κ3) is 5.70. The van der Waals surface area contributed by atoms with Gasteiger partial charge in [-0.05, 0) is 64.3 Å². The summed E-state index contributed by atoms with van der Waals surface area (Å²) in [5, 5.41) is 3.20. The minimum absolute atomic E-state index is 0.102. The first-order chi connectivity index (χ1) is 8.98. The fourth-order valence-corrected chi connectivity index (χ4v) is 2.19. The summed E-state index contributed by atoms with van der Waals surface area (Å²) in [6, 6.07) is 7.04. The maximum Gasteiger partial charge on any atom is 0.126 e. The largest absolute Gasteiger partial charge is 0.379 e. The maximum atomic E-state index is 13.7. The molecule has 0 aromatic heterocycles. The molecular formula is C16H26FNO. The Labute approximate surface area is 116 Å². The Balaban J connectivity index is 2.60. The molecule has 1 atom stereocenters. The highest BCUT2D eigenvalue weighted by Gasteiger charge is 2.20. The van der Waals surface area contributed by atoms with E-state index >= 15 is 0 Å². The zero-order valence-corrected chi connectivity index (χ0v) is 12.5. The van der Waals surface area contributed by atoms with Crippen LogP contribution in [0.5, 0.6) is 0 Å². The molecule has 3 heteroatoms. The van der Waals surface area contributed by atoms with Gasteiger partial charge < -0.3 is 10.1 Å². The Morgan fingerprint density at radius 1 is 1.32 bits per heavy atom. The lowest BCUT2D eigenvalue weighted by molar-refractivity contribution is 0.0104. The van der Waals surface area contributed by atoms with E-state index in [0.717, 1.165) is 31.4 Å². The predicted octanol–water partition coefficient (Wildman–Crippen LogP) is 3.41. The van der Waals surface area contributed by atoms with Crippen LogP contribution in [0, 0.1) is 11.7 Å². The van der Waals surface area contributed by atoms with Gasteiger partial charge in [0.1, 0.15) is 5.82 Å². The molecule has 0 aliphatic carbocycles. The lowest BCUT2D eigenvalue weighted by atomic mass is 9.90. The SMILES string of the molecule is CNCC(CCC(C)(C)OC)Cc1ccccc1F. The summed E-state index contributed by atoms with van der Waals surface area (Å²) in [6.45, 7) is 5.08. The number of ether oxygens (including phenoxy) is 1. The van der Waals surface area contributed by atoms with Crippen molar-refractivity contribution < 1.29 is 9.13 Å². The normalized spacial score (nSPS) is 13.5. The van der Waals surface area contributed by atoms with Crippen molar-refractivity contribution in [3.8, 4) is 0 Å². The van der Waals surface area contributed by atoms with Gasteiger partial charge in [0.05, 0.1) is 5.60 Å². The highest BCUT2D eigenvalue weighted by Crippen LogP contribution is 2.22. The number of benzene rings is 1. The monoisotopic (exact) mass is 267 g/mol. The van der Waals surface area contributed by atoms with E-state index in [-0.39, 0.29) is 11.4 Å². The van der Waals surface area contributed by atoms with Gasteiger partial charge in [-0.25, -0.2) is 4.39 Å². The molecule has 1 unspecified atom stereocenters. The Hall–Kier alpha value is -0.930. The molecule has 0 saturated heterocycles. The van der Waals surface area contributed by atoms with Gasteiger partial charge >= 0.3 is 0 Å². The van der Waals surface area contributed by atoms with Crippen molar-refractivity contribution in [3.05, 3.63) is 35.6 Å². The van der Waals surface area contributed by atoms with E-state index in [0.29, 0.717) is 5.92 Å². The molecule has 108 valence electrons. The van der Waals surface area contributed by atoms with Crippen LogP contribution < -0.4 is 5.32 Å². The number of nitrogens with one attached hydrogen (secondary N) is 1. The average molecular weight is 267 g/mol. The molecule has 0 bridgehead atoms. The molecule has 0 fully saturated rings. The molecule has 0 heterocycles. The van der Waals surface area contributed by atoms with E-state index < -0.39 is 0 Å². The molecular weight excluding hydrogens is 241 g/mol. The van der Waals surface area contributed by atoms with E-state index in [2.05, 4.69) is 19.2 Å². The number of rotatable bonds is 8. The molecule has 1 rings (SSSR count). The molecule has 0 aliphatic rings. The van der Waals surface area contributed by atoms with E-state index in [4.69, 9.17) is 4.74 Å². The van der Waals surface area contributed by atoms with Crippen molar-refractivity contribution in [2.75, 3.05) is 20.7 Å². The zero-order valence-electron chi connectivity index (χ0n) is 12.5. The van der Waals surface area contributed by atoms with Crippen LogP contribution in [-0.4, -0.2) is 26.3 Å². The lowest BCUT2D eigenvalue weighted by Crippen LogP contribution is -2.27. The van der Waals surface area contributed by atoms with E-state index in [1.807, 2.05) is 19.2 Å². The highest BCUT2D eigenvalue weighted by molar-refractivity contribution is 5.17. The molecule has 19 heavy (non-hydrogen) atoms. The van der Waals surface area contributed by atoms with Crippen LogP contribution in [0.4, 0.5) is 4.39 Å². The summed E-state index contributed by atoms with van der Waals surface area (Å²) >= 11 is 0. The van der Waals surface area contributed by atoms with E-state index in [9.17, 15) is 4.39 Å². The van der Waals surface area contributed by atoms with Gasteiger partial charge in [-0.1, -0.05) is 18.2 Å². The minimum Gasteiger partial charge on any atom is -0.379 e. The maximum absolute atomic E-state index is 13.7. The molecule has 0 radical (unpaired) electrons. The predicted molar refractivity (Wildman–Crippen MR) is 77.8 cm³/mol. The standard InChI is InChI=1S/C16H26FNO/c1-16(2,19-4)10-9-13(12-18-3)11-14-7-5-6-8-15(14)17/h5-8,13,18H,9-12H2,1-4H3. The van der Waals surface area contributed by atoms with Crippen LogP contribution in [0.1, 0.15) is 32.3 Å². The van der Waals surface area contributed by atoms with Gasteiger partial charge in [0.15, 0.2) is 0 Å². The number of methoxy groups -OCH3 is 1. The third-order valence-electron chi connectivity index (χ3n) is 3.67. The van der Waals surface area contributed by atoms with Crippen molar-refractivity contribution in [3.63, 3.8) is 0 Å². The molecule has 1 aromatic rings. The van der Waals surface area contributed by atoms with Crippen LogP contribution in [-0.2, 0) is 11.2 Å². The Morgan fingerprint density at radius 2 is 2.00 bits per heavy atom. The van der Waals surface area contributed by atoms with Crippen LogP contribution >= 0.6 is 0 Å². The van der Waals surface area contributed by atoms with Gasteiger partial charge in [-0.2, -0.15) is 0 Å². The van der Waals surface area contributed by atoms with Crippen molar-refractivity contribution >= 4 is 0 Å². The quantitative estimate of drug-likeness (QED) is 0.779. The average Bonchev–Trinajstić information content (AvgIpc) is 2.39. The van der Waals surface area contributed by atoms with Crippen LogP contribution in [0.3, 0.4) is 0 Å². The Kier molecular flexibility index (Phi) is 6.46. The summed E-state index contributed by atoms with van der Waals surface area (Å²) in [4.78, 5) is 0. The van der Waals surface area contributed by atoms with Gasteiger partial charge in [0, 0.05) is 7.11 Å². The van der Waals surface area contributed by atoms with Crippen LogP contribution in [0.2, 0.25) is 0 Å². The summed E-state index contributed by atoms with van der Waals surface area (Å²) in [5.74, 6) is 0.325. The number of halogens is 1. The van der Waals surface area contributed by atoms with Gasteiger partial charge in [-0.3, -0.25) is 0 Å². The summed E-state index contributed by atoms with van der Waals surface area (Å²) in [6.07, 6.45) is 2.77. The molecule has 0 amide bonds. The second-order valence-corrected chi connectivity index (χ2v) is 5.72. The van der Waals surface area contributed by atoms with Crippen molar-refractivity contribution in [1.29, 1.82) is 0 Å². The van der Waals surface area contributed by atoms with Crippen molar-refractivity contribution in [2.45, 2.75) is 38.7 Å². The summed E-state index contributed by atoms with van der Waals surface area (Å²) < 4.78 is 19.1. The molecule has 1 aromatic carbocycles. The smallest absolute Gasteiger partial charge is 0.126 e. The second-order valence-electron chi connectivity index (χ2n) is 5.72. The molecule has 0 saturated carbocycles. The second kappa shape index (κ2) is 7.61. The van der Waals surface area contributed by atoms with E-state index in [1.165, 1.54) is 6.07 Å². The first kappa shape index (κ1) is 16.1. The molecule has 0 spiro atoms. The van der Waals surface area contributed by atoms with Gasteiger partial charge in [0.2, 0.25) is 0 Å². The minimum atomic E-state index is -0.110. The van der Waals surface area contributed by atoms with E-state index in [1.54, 1.807) is 13.2 Å². The first-order valence-electron chi connectivity index (χ1n) is 6.91. The highest BCUT2D eigenvalue weighted by atomic mass is 19.1. The van der Waals surface area contributed by atoms with Crippen LogP contribution in [0.25, 0.3) is 0 Å². The topological polar surface area (TPSA) is 21.3 Å². The first-order valence-corrected chi connectivity index (χ1v) is 6.91. The Morgan fingerprint density at radius 3 is 2.58 bits per heavy atom. The van der Waals surface area contributed by atoms with Crippen LogP contribution in [0.15, 0.2) is 24.3 Å². The molecule has 1 N–H and O–H groups in total. The van der Waals surface area contributed by atoms with Crippen molar-refractivity contribution in [2.24, 2.45) is 5.92 Å². The molecule has 0 aliphatic heterocycles. The van der Waals surface area contributed by atoms with Gasteiger partial charge in [-0.15, -0.1) is 0 Å². The zero-order chi connectivity index (χ0) is 14.3. The third-order valence-corrected chi connectivity index (χ3v) is 3.67. The number of hydrogen-bond acceptors (Lipinski definition) is 2. The van der Waals surface area contributed by atoms with Gasteiger partial charge in [0.25, 0.3) is 0 Å². The molecule has 2 nitrogen and oxygen atoms in total. The Bertz CT molecular complexity index is 379. The number of hydrogen-bond donors (Lipinski definition) is 1. The fourth-order valence-electron chi connectivity index (χ4n) is 2.19. The summed E-state index contributed by atoms with van der Waals surface area (Å²) in [7, 11) is 3.68. The van der Waals surface area contributed by atoms with Crippen molar-refractivity contribution in [1.82, 2.24) is 5.32 Å².